The van der Waals surface area contributed by atoms with Crippen molar-refractivity contribution >= 4 is 22.1 Å². The smallest absolute Gasteiger partial charge is 0.0385 e. The lowest BCUT2D eigenvalue weighted by Crippen LogP contribution is -2.02. The van der Waals surface area contributed by atoms with Gasteiger partial charge < -0.3 is 11.5 Å². The molecular formula is C16H22N2. The predicted molar refractivity (Wildman–Crippen MR) is 80.8 cm³/mol. The van der Waals surface area contributed by atoms with Crippen molar-refractivity contribution in [3.8, 4) is 0 Å². The fourth-order valence-electron chi connectivity index (χ4n) is 2.56. The van der Waals surface area contributed by atoms with E-state index in [1.165, 1.54) is 21.9 Å². The summed E-state index contributed by atoms with van der Waals surface area (Å²) in [7, 11) is 0. The molecule has 0 unspecified atom stereocenters. The zero-order valence-corrected chi connectivity index (χ0v) is 11.3. The zero-order valence-electron chi connectivity index (χ0n) is 11.3. The lowest BCUT2D eigenvalue weighted by Gasteiger charge is -2.14. The fraction of sp³-hybridized carbons (Fsp3) is 0.375. The number of rotatable bonds is 4. The molecule has 2 aromatic rings. The maximum atomic E-state index is 6.33. The van der Waals surface area contributed by atoms with Crippen LogP contribution >= 0.6 is 0 Å². The van der Waals surface area contributed by atoms with Gasteiger partial charge >= 0.3 is 0 Å². The van der Waals surface area contributed by atoms with E-state index in [9.17, 15) is 0 Å². The van der Waals surface area contributed by atoms with Gasteiger partial charge in [0.2, 0.25) is 0 Å². The van der Waals surface area contributed by atoms with E-state index < -0.39 is 0 Å². The van der Waals surface area contributed by atoms with Gasteiger partial charge in [-0.2, -0.15) is 0 Å². The summed E-state index contributed by atoms with van der Waals surface area (Å²) in [5, 5.41) is 2.47. The van der Waals surface area contributed by atoms with E-state index in [1.54, 1.807) is 0 Å². The van der Waals surface area contributed by atoms with E-state index in [0.29, 0.717) is 0 Å². The second-order valence-electron chi connectivity index (χ2n) is 4.91. The van der Waals surface area contributed by atoms with Crippen LogP contribution in [0.5, 0.6) is 0 Å². The Morgan fingerprint density at radius 1 is 0.944 bits per heavy atom. The monoisotopic (exact) mass is 242 g/mol. The third-order valence-corrected chi connectivity index (χ3v) is 3.42. The second kappa shape index (κ2) is 5.30. The Morgan fingerprint density at radius 3 is 2.33 bits per heavy atom. The van der Waals surface area contributed by atoms with Gasteiger partial charge in [0, 0.05) is 11.4 Å². The number of nitrogens with two attached hydrogens (primary N) is 2. The zero-order chi connectivity index (χ0) is 13.1. The average Bonchev–Trinajstić information content (AvgIpc) is 2.35. The SMILES string of the molecule is CCCc1cc2ccc(N)cc2c(CCC)c1N. The highest BCUT2D eigenvalue weighted by atomic mass is 14.6. The van der Waals surface area contributed by atoms with Gasteiger partial charge in [0.15, 0.2) is 0 Å². The van der Waals surface area contributed by atoms with Crippen LogP contribution in [0.1, 0.15) is 37.8 Å². The largest absolute Gasteiger partial charge is 0.399 e. The van der Waals surface area contributed by atoms with Gasteiger partial charge in [0.25, 0.3) is 0 Å². The van der Waals surface area contributed by atoms with Crippen LogP contribution in [0.25, 0.3) is 10.8 Å². The molecule has 0 saturated heterocycles. The van der Waals surface area contributed by atoms with Crippen LogP contribution in [0.3, 0.4) is 0 Å². The average molecular weight is 242 g/mol. The highest BCUT2D eigenvalue weighted by Crippen LogP contribution is 2.31. The lowest BCUT2D eigenvalue weighted by molar-refractivity contribution is 0.906. The molecule has 0 aliphatic heterocycles. The van der Waals surface area contributed by atoms with Crippen molar-refractivity contribution < 1.29 is 0 Å². The standard InChI is InChI=1S/C16H22N2/c1-3-5-12-9-11-7-8-13(17)10-15(11)14(6-4-2)16(12)18/h7-10H,3-6,17-18H2,1-2H3. The molecule has 0 aromatic heterocycles. The van der Waals surface area contributed by atoms with Crippen molar-refractivity contribution in [3.63, 3.8) is 0 Å². The first-order valence-corrected chi connectivity index (χ1v) is 6.76. The Morgan fingerprint density at radius 2 is 1.67 bits per heavy atom. The minimum Gasteiger partial charge on any atom is -0.399 e. The Labute approximate surface area is 109 Å². The molecule has 0 fully saturated rings. The van der Waals surface area contributed by atoms with Crippen LogP contribution in [0, 0.1) is 0 Å². The first kappa shape index (κ1) is 12.7. The summed E-state index contributed by atoms with van der Waals surface area (Å²) in [6, 6.07) is 8.32. The first-order valence-electron chi connectivity index (χ1n) is 6.76. The van der Waals surface area contributed by atoms with Gasteiger partial charge in [-0.05, 0) is 52.9 Å². The molecule has 0 aliphatic rings. The number of hydrogen-bond acceptors (Lipinski definition) is 2. The van der Waals surface area contributed by atoms with E-state index in [1.807, 2.05) is 12.1 Å². The van der Waals surface area contributed by atoms with E-state index in [2.05, 4.69) is 26.0 Å². The van der Waals surface area contributed by atoms with Crippen molar-refractivity contribution in [1.82, 2.24) is 0 Å². The van der Waals surface area contributed by atoms with E-state index >= 15 is 0 Å². The van der Waals surface area contributed by atoms with Gasteiger partial charge in [0.05, 0.1) is 0 Å². The van der Waals surface area contributed by atoms with Gasteiger partial charge in [-0.1, -0.05) is 32.8 Å². The van der Waals surface area contributed by atoms with Crippen molar-refractivity contribution in [3.05, 3.63) is 35.4 Å². The molecule has 18 heavy (non-hydrogen) atoms. The summed E-state index contributed by atoms with van der Waals surface area (Å²) in [5.74, 6) is 0. The molecule has 0 amide bonds. The van der Waals surface area contributed by atoms with Gasteiger partial charge in [-0.15, -0.1) is 0 Å². The molecule has 2 rings (SSSR count). The lowest BCUT2D eigenvalue weighted by atomic mass is 9.93. The predicted octanol–water partition coefficient (Wildman–Crippen LogP) is 3.91. The van der Waals surface area contributed by atoms with E-state index in [-0.39, 0.29) is 0 Å². The number of fused-ring (bicyclic) bond motifs is 1. The van der Waals surface area contributed by atoms with Crippen molar-refractivity contribution in [2.24, 2.45) is 0 Å². The van der Waals surface area contributed by atoms with Gasteiger partial charge in [0.1, 0.15) is 0 Å². The maximum Gasteiger partial charge on any atom is 0.0385 e. The van der Waals surface area contributed by atoms with Gasteiger partial charge in [-0.3, -0.25) is 0 Å². The quantitative estimate of drug-likeness (QED) is 0.799. The highest BCUT2D eigenvalue weighted by molar-refractivity contribution is 5.93. The number of aryl methyl sites for hydroxylation is 2. The third kappa shape index (κ3) is 2.28. The highest BCUT2D eigenvalue weighted by Gasteiger charge is 2.10. The topological polar surface area (TPSA) is 52.0 Å². The Bertz CT molecular complexity index is 559. The van der Waals surface area contributed by atoms with Crippen LogP contribution in [-0.2, 0) is 12.8 Å². The molecule has 2 aromatic carbocycles. The van der Waals surface area contributed by atoms with Crippen LogP contribution in [0.4, 0.5) is 11.4 Å². The van der Waals surface area contributed by atoms with Crippen LogP contribution < -0.4 is 11.5 Å². The number of benzene rings is 2. The second-order valence-corrected chi connectivity index (χ2v) is 4.91. The molecule has 2 nitrogen and oxygen atoms in total. The number of anilines is 2. The molecule has 0 heterocycles. The molecule has 0 saturated carbocycles. The van der Waals surface area contributed by atoms with Crippen LogP contribution in [-0.4, -0.2) is 0 Å². The first-order chi connectivity index (χ1) is 8.67. The summed E-state index contributed by atoms with van der Waals surface area (Å²) >= 11 is 0. The molecule has 0 aliphatic carbocycles. The molecule has 0 bridgehead atoms. The molecule has 0 spiro atoms. The molecule has 96 valence electrons. The number of hydrogen-bond donors (Lipinski definition) is 2. The summed E-state index contributed by atoms with van der Waals surface area (Å²) in [4.78, 5) is 0. The Hall–Kier alpha value is -1.70. The van der Waals surface area contributed by atoms with Crippen LogP contribution in [0.2, 0.25) is 0 Å². The minimum absolute atomic E-state index is 0.808. The minimum atomic E-state index is 0.808. The van der Waals surface area contributed by atoms with Crippen molar-refractivity contribution in [2.75, 3.05) is 11.5 Å². The Balaban J connectivity index is 2.70. The molecule has 4 N–H and O–H groups in total. The van der Waals surface area contributed by atoms with Crippen LogP contribution in [0.15, 0.2) is 24.3 Å². The van der Waals surface area contributed by atoms with E-state index in [4.69, 9.17) is 11.5 Å². The molecule has 0 radical (unpaired) electrons. The maximum absolute atomic E-state index is 6.33. The molecular weight excluding hydrogens is 220 g/mol. The summed E-state index contributed by atoms with van der Waals surface area (Å²) in [6.45, 7) is 4.37. The molecule has 2 heteroatoms. The van der Waals surface area contributed by atoms with Crippen molar-refractivity contribution in [2.45, 2.75) is 39.5 Å². The number of nitrogen functional groups attached to an aromatic ring is 2. The summed E-state index contributed by atoms with van der Waals surface area (Å²) in [6.07, 6.45) is 4.28. The Kier molecular flexibility index (Phi) is 3.75. The van der Waals surface area contributed by atoms with Crippen molar-refractivity contribution in [1.29, 1.82) is 0 Å². The summed E-state index contributed by atoms with van der Waals surface area (Å²) < 4.78 is 0. The molecule has 0 atom stereocenters. The fourth-order valence-corrected chi connectivity index (χ4v) is 2.56. The van der Waals surface area contributed by atoms with Gasteiger partial charge in [-0.25, -0.2) is 0 Å². The summed E-state index contributed by atoms with van der Waals surface area (Å²) in [5.41, 5.74) is 16.5. The normalized spacial score (nSPS) is 11.0. The van der Waals surface area contributed by atoms with E-state index in [0.717, 1.165) is 37.1 Å². The third-order valence-electron chi connectivity index (χ3n) is 3.42.